The number of urea groups is 1. The zero-order chi connectivity index (χ0) is 21.9. The number of rotatable bonds is 10. The molecular formula is C23H32N3O4+. The van der Waals surface area contributed by atoms with E-state index in [1.54, 1.807) is 6.92 Å². The topological polar surface area (TPSA) is 93.3 Å². The molecule has 0 radical (unpaired) electrons. The molecule has 0 saturated heterocycles. The Bertz CT molecular complexity index is 826. The lowest BCUT2D eigenvalue weighted by Gasteiger charge is -2.21. The standard InChI is InChI=1S/C23H31N3O4/c1-5-24-23(28)26-22(27)21(17-11-9-8-10-12-17)25-16(4)18-13-14-19(29-6-2)20(15-18)30-7-3/h8-16,21,25H,5-7H2,1-4H3,(H2,24,26,27,28)/p+1/t16-,21+/m1/s1. The molecule has 3 amide bonds. The van der Waals surface area contributed by atoms with E-state index in [4.69, 9.17) is 9.47 Å². The molecule has 0 spiro atoms. The molecule has 2 atom stereocenters. The van der Waals surface area contributed by atoms with Gasteiger partial charge in [0, 0.05) is 17.7 Å². The Labute approximate surface area is 178 Å². The number of quaternary nitrogens is 1. The zero-order valence-electron chi connectivity index (χ0n) is 18.1. The van der Waals surface area contributed by atoms with Gasteiger partial charge in [0.1, 0.15) is 6.04 Å². The van der Waals surface area contributed by atoms with Crippen molar-refractivity contribution in [3.8, 4) is 11.5 Å². The molecule has 2 aromatic rings. The first-order valence-electron chi connectivity index (χ1n) is 10.4. The summed E-state index contributed by atoms with van der Waals surface area (Å²) in [6.07, 6.45) is 0. The molecular weight excluding hydrogens is 382 g/mol. The first-order valence-corrected chi connectivity index (χ1v) is 10.4. The Morgan fingerprint density at radius 2 is 1.60 bits per heavy atom. The zero-order valence-corrected chi connectivity index (χ0v) is 18.1. The number of carbonyl (C=O) groups is 2. The van der Waals surface area contributed by atoms with Gasteiger partial charge in [0.25, 0.3) is 5.91 Å². The number of carbonyl (C=O) groups excluding carboxylic acids is 2. The number of benzene rings is 2. The Kier molecular flexibility index (Phi) is 9.15. The van der Waals surface area contributed by atoms with E-state index in [0.29, 0.717) is 31.3 Å². The molecule has 0 fully saturated rings. The van der Waals surface area contributed by atoms with Gasteiger partial charge in [0.2, 0.25) is 0 Å². The van der Waals surface area contributed by atoms with Crippen molar-refractivity contribution in [2.45, 2.75) is 39.8 Å². The minimum absolute atomic E-state index is 0.0647. The van der Waals surface area contributed by atoms with Gasteiger partial charge in [-0.05, 0) is 45.9 Å². The Hall–Kier alpha value is -3.06. The summed E-state index contributed by atoms with van der Waals surface area (Å²) in [5.41, 5.74) is 1.82. The van der Waals surface area contributed by atoms with Crippen LogP contribution in [0.3, 0.4) is 0 Å². The maximum atomic E-state index is 12.9. The monoisotopic (exact) mass is 414 g/mol. The lowest BCUT2D eigenvalue weighted by Crippen LogP contribution is -2.88. The third-order valence-corrected chi connectivity index (χ3v) is 4.59. The number of nitrogens with two attached hydrogens (primary N) is 1. The van der Waals surface area contributed by atoms with Crippen molar-refractivity contribution in [2.75, 3.05) is 19.8 Å². The summed E-state index contributed by atoms with van der Waals surface area (Å²) in [7, 11) is 0. The van der Waals surface area contributed by atoms with Crippen LogP contribution in [0.1, 0.15) is 50.9 Å². The van der Waals surface area contributed by atoms with E-state index in [1.165, 1.54) is 0 Å². The van der Waals surface area contributed by atoms with Crippen LogP contribution in [0.15, 0.2) is 48.5 Å². The van der Waals surface area contributed by atoms with Crippen molar-refractivity contribution < 1.29 is 24.4 Å². The molecule has 2 aromatic carbocycles. The van der Waals surface area contributed by atoms with Gasteiger partial charge in [-0.15, -0.1) is 0 Å². The van der Waals surface area contributed by atoms with Crippen molar-refractivity contribution in [1.29, 1.82) is 0 Å². The smallest absolute Gasteiger partial charge is 0.321 e. The lowest BCUT2D eigenvalue weighted by molar-refractivity contribution is -0.719. The Balaban J connectivity index is 2.25. The van der Waals surface area contributed by atoms with Gasteiger partial charge in [0.05, 0.1) is 13.2 Å². The molecule has 0 aliphatic heterocycles. The molecule has 7 heteroatoms. The van der Waals surface area contributed by atoms with Gasteiger partial charge >= 0.3 is 6.03 Å². The van der Waals surface area contributed by atoms with Gasteiger partial charge in [-0.25, -0.2) is 4.79 Å². The normalized spacial score (nSPS) is 12.5. The van der Waals surface area contributed by atoms with Crippen LogP contribution in [0, 0.1) is 0 Å². The third kappa shape index (κ3) is 6.49. The van der Waals surface area contributed by atoms with Gasteiger partial charge < -0.3 is 20.1 Å². The third-order valence-electron chi connectivity index (χ3n) is 4.59. The molecule has 2 rings (SSSR count). The van der Waals surface area contributed by atoms with Crippen LogP contribution >= 0.6 is 0 Å². The van der Waals surface area contributed by atoms with Gasteiger partial charge in [-0.2, -0.15) is 0 Å². The van der Waals surface area contributed by atoms with E-state index in [9.17, 15) is 9.59 Å². The predicted molar refractivity (Wildman–Crippen MR) is 116 cm³/mol. The Morgan fingerprint density at radius 3 is 2.23 bits per heavy atom. The molecule has 162 valence electrons. The van der Waals surface area contributed by atoms with Crippen LogP contribution in [-0.4, -0.2) is 31.7 Å². The summed E-state index contributed by atoms with van der Waals surface area (Å²) < 4.78 is 11.4. The molecule has 7 nitrogen and oxygen atoms in total. The van der Waals surface area contributed by atoms with Crippen LogP contribution in [0.4, 0.5) is 4.79 Å². The number of imide groups is 1. The van der Waals surface area contributed by atoms with Crippen molar-refractivity contribution in [3.05, 3.63) is 59.7 Å². The van der Waals surface area contributed by atoms with Crippen LogP contribution in [0.25, 0.3) is 0 Å². The van der Waals surface area contributed by atoms with Crippen molar-refractivity contribution in [1.82, 2.24) is 10.6 Å². The number of hydrogen-bond acceptors (Lipinski definition) is 4. The average molecular weight is 415 g/mol. The molecule has 0 bridgehead atoms. The fourth-order valence-electron chi connectivity index (χ4n) is 3.16. The Morgan fingerprint density at radius 1 is 0.933 bits per heavy atom. The van der Waals surface area contributed by atoms with E-state index < -0.39 is 12.1 Å². The number of ether oxygens (including phenoxy) is 2. The molecule has 0 aromatic heterocycles. The molecule has 0 heterocycles. The van der Waals surface area contributed by atoms with Crippen molar-refractivity contribution in [2.24, 2.45) is 0 Å². The SMILES string of the molecule is CCNC(=O)NC(=O)[C@@H]([NH2+][C@H](C)c1ccc(OCC)c(OCC)c1)c1ccccc1. The van der Waals surface area contributed by atoms with Crippen LogP contribution in [0.2, 0.25) is 0 Å². The van der Waals surface area contributed by atoms with Crippen molar-refractivity contribution in [3.63, 3.8) is 0 Å². The molecule has 0 aliphatic rings. The second-order valence-corrected chi connectivity index (χ2v) is 6.79. The number of nitrogens with one attached hydrogen (secondary N) is 2. The number of hydrogen-bond donors (Lipinski definition) is 3. The summed E-state index contributed by atoms with van der Waals surface area (Å²) in [4.78, 5) is 24.7. The molecule has 0 saturated carbocycles. The highest BCUT2D eigenvalue weighted by Crippen LogP contribution is 2.30. The molecule has 30 heavy (non-hydrogen) atoms. The quantitative estimate of drug-likeness (QED) is 0.557. The van der Waals surface area contributed by atoms with Gasteiger partial charge in [0.15, 0.2) is 17.5 Å². The lowest BCUT2D eigenvalue weighted by atomic mass is 10.0. The second-order valence-electron chi connectivity index (χ2n) is 6.79. The molecule has 4 N–H and O–H groups in total. The summed E-state index contributed by atoms with van der Waals surface area (Å²) in [5, 5.41) is 6.96. The maximum Gasteiger partial charge on any atom is 0.321 e. The molecule has 0 unspecified atom stereocenters. The second kappa shape index (κ2) is 11.8. The minimum Gasteiger partial charge on any atom is -0.490 e. The summed E-state index contributed by atoms with van der Waals surface area (Å²) in [5.74, 6) is 1.01. The summed E-state index contributed by atoms with van der Waals surface area (Å²) >= 11 is 0. The average Bonchev–Trinajstić information content (AvgIpc) is 2.74. The van der Waals surface area contributed by atoms with E-state index in [2.05, 4.69) is 10.6 Å². The van der Waals surface area contributed by atoms with Crippen LogP contribution in [-0.2, 0) is 4.79 Å². The van der Waals surface area contributed by atoms with E-state index >= 15 is 0 Å². The van der Waals surface area contributed by atoms with E-state index in [-0.39, 0.29) is 11.9 Å². The summed E-state index contributed by atoms with van der Waals surface area (Å²) in [6, 6.07) is 14.1. The van der Waals surface area contributed by atoms with E-state index in [1.807, 2.05) is 74.6 Å². The fraction of sp³-hybridized carbons (Fsp3) is 0.391. The maximum absolute atomic E-state index is 12.9. The fourth-order valence-corrected chi connectivity index (χ4v) is 3.16. The highest BCUT2D eigenvalue weighted by molar-refractivity contribution is 5.96. The summed E-state index contributed by atoms with van der Waals surface area (Å²) in [6.45, 7) is 9.20. The minimum atomic E-state index is -0.578. The van der Waals surface area contributed by atoms with Crippen LogP contribution in [0.5, 0.6) is 11.5 Å². The highest BCUT2D eigenvalue weighted by Gasteiger charge is 2.28. The predicted octanol–water partition coefficient (Wildman–Crippen LogP) is 2.70. The first kappa shape index (κ1) is 23.2. The first-order chi connectivity index (χ1) is 14.5. The van der Waals surface area contributed by atoms with Crippen molar-refractivity contribution >= 4 is 11.9 Å². The van der Waals surface area contributed by atoms with Crippen LogP contribution < -0.4 is 25.4 Å². The highest BCUT2D eigenvalue weighted by atomic mass is 16.5. The van der Waals surface area contributed by atoms with Gasteiger partial charge in [-0.3, -0.25) is 10.1 Å². The number of amides is 3. The van der Waals surface area contributed by atoms with E-state index in [0.717, 1.165) is 11.1 Å². The molecule has 0 aliphatic carbocycles. The van der Waals surface area contributed by atoms with Gasteiger partial charge in [-0.1, -0.05) is 30.3 Å². The largest absolute Gasteiger partial charge is 0.490 e.